The quantitative estimate of drug-likeness (QED) is 0.647. The number of hydrogen-bond acceptors (Lipinski definition) is 2. The van der Waals surface area contributed by atoms with E-state index in [0.29, 0.717) is 5.92 Å². The van der Waals surface area contributed by atoms with Gasteiger partial charge in [0, 0.05) is 20.3 Å². The van der Waals surface area contributed by atoms with E-state index in [9.17, 15) is 0 Å². The number of rotatable bonds is 10. The smallest absolute Gasteiger partial charge is 0.0462 e. The van der Waals surface area contributed by atoms with E-state index >= 15 is 0 Å². The molecule has 2 heteroatoms. The molecular formula is C17H29NO. The summed E-state index contributed by atoms with van der Waals surface area (Å²) in [6.45, 7) is 7.46. The minimum atomic E-state index is 0.628. The number of methoxy groups -OCH3 is 1. The lowest BCUT2D eigenvalue weighted by Crippen LogP contribution is -2.22. The molecule has 0 aliphatic carbocycles. The molecule has 0 radical (unpaired) electrons. The Balaban J connectivity index is 2.52. The lowest BCUT2D eigenvalue weighted by molar-refractivity contribution is 0.191. The van der Waals surface area contributed by atoms with Crippen LogP contribution in [0, 0.1) is 6.92 Å². The van der Waals surface area contributed by atoms with E-state index in [2.05, 4.69) is 43.4 Å². The number of aryl methyl sites for hydroxylation is 1. The molecule has 0 aromatic heterocycles. The molecule has 0 aliphatic rings. The third-order valence-electron chi connectivity index (χ3n) is 3.48. The Morgan fingerprint density at radius 3 is 2.79 bits per heavy atom. The van der Waals surface area contributed by atoms with Gasteiger partial charge in [0.25, 0.3) is 0 Å². The van der Waals surface area contributed by atoms with Crippen molar-refractivity contribution in [3.63, 3.8) is 0 Å². The molecule has 0 saturated carbocycles. The maximum absolute atomic E-state index is 5.13. The summed E-state index contributed by atoms with van der Waals surface area (Å²) in [7, 11) is 1.78. The molecule has 1 rings (SSSR count). The number of nitrogens with one attached hydrogen (secondary N) is 1. The Bertz CT molecular complexity index is 338. The lowest BCUT2D eigenvalue weighted by Gasteiger charge is -2.18. The first-order valence-corrected chi connectivity index (χ1v) is 7.54. The van der Waals surface area contributed by atoms with Crippen LogP contribution in [0.2, 0.25) is 0 Å². The molecule has 1 atom stereocenters. The summed E-state index contributed by atoms with van der Waals surface area (Å²) in [5.74, 6) is 0.628. The summed E-state index contributed by atoms with van der Waals surface area (Å²) < 4.78 is 5.13. The molecule has 0 bridgehead atoms. The van der Waals surface area contributed by atoms with Crippen molar-refractivity contribution in [1.82, 2.24) is 5.32 Å². The van der Waals surface area contributed by atoms with Gasteiger partial charge in [-0.25, -0.2) is 0 Å². The Kier molecular flexibility index (Phi) is 8.52. The van der Waals surface area contributed by atoms with Crippen LogP contribution in [0.15, 0.2) is 24.3 Å². The maximum Gasteiger partial charge on any atom is 0.0462 e. The highest BCUT2D eigenvalue weighted by molar-refractivity contribution is 5.25. The molecule has 0 spiro atoms. The monoisotopic (exact) mass is 263 g/mol. The van der Waals surface area contributed by atoms with Gasteiger partial charge in [0.2, 0.25) is 0 Å². The van der Waals surface area contributed by atoms with Gasteiger partial charge in [-0.2, -0.15) is 0 Å². The summed E-state index contributed by atoms with van der Waals surface area (Å²) in [6.07, 6.45) is 4.83. The summed E-state index contributed by atoms with van der Waals surface area (Å²) in [4.78, 5) is 0. The van der Waals surface area contributed by atoms with Gasteiger partial charge in [-0.05, 0) is 44.2 Å². The van der Waals surface area contributed by atoms with Crippen LogP contribution in [-0.4, -0.2) is 26.8 Å². The van der Waals surface area contributed by atoms with Gasteiger partial charge < -0.3 is 10.1 Å². The van der Waals surface area contributed by atoms with Crippen LogP contribution in [0.3, 0.4) is 0 Å². The normalized spacial score (nSPS) is 12.6. The van der Waals surface area contributed by atoms with Gasteiger partial charge in [-0.15, -0.1) is 0 Å². The van der Waals surface area contributed by atoms with Gasteiger partial charge in [-0.3, -0.25) is 0 Å². The maximum atomic E-state index is 5.13. The first-order chi connectivity index (χ1) is 9.27. The predicted molar refractivity (Wildman–Crippen MR) is 82.8 cm³/mol. The second-order valence-corrected chi connectivity index (χ2v) is 5.30. The largest absolute Gasteiger partial charge is 0.385 e. The van der Waals surface area contributed by atoms with E-state index in [1.54, 1.807) is 7.11 Å². The number of unbranched alkanes of at least 4 members (excludes halogenated alkanes) is 1. The van der Waals surface area contributed by atoms with Gasteiger partial charge in [0.15, 0.2) is 0 Å². The number of hydrogen-bond donors (Lipinski definition) is 1. The van der Waals surface area contributed by atoms with Crippen molar-refractivity contribution < 1.29 is 4.74 Å². The molecule has 1 aromatic rings. The van der Waals surface area contributed by atoms with Crippen molar-refractivity contribution in [3.8, 4) is 0 Å². The molecule has 0 saturated heterocycles. The molecule has 2 nitrogen and oxygen atoms in total. The molecule has 0 fully saturated rings. The fourth-order valence-electron chi connectivity index (χ4n) is 2.40. The minimum absolute atomic E-state index is 0.628. The van der Waals surface area contributed by atoms with E-state index in [-0.39, 0.29) is 0 Å². The van der Waals surface area contributed by atoms with Crippen LogP contribution in [-0.2, 0) is 4.74 Å². The Hall–Kier alpha value is -0.860. The van der Waals surface area contributed by atoms with Crippen LogP contribution in [0.5, 0.6) is 0 Å². The van der Waals surface area contributed by atoms with E-state index < -0.39 is 0 Å². The molecule has 1 aromatic carbocycles. The second kappa shape index (κ2) is 9.99. The zero-order chi connectivity index (χ0) is 13.9. The highest BCUT2D eigenvalue weighted by atomic mass is 16.5. The first kappa shape index (κ1) is 16.2. The van der Waals surface area contributed by atoms with E-state index in [4.69, 9.17) is 4.74 Å². The van der Waals surface area contributed by atoms with E-state index in [0.717, 1.165) is 26.1 Å². The number of ether oxygens (including phenoxy) is 1. The van der Waals surface area contributed by atoms with Crippen LogP contribution >= 0.6 is 0 Å². The van der Waals surface area contributed by atoms with Gasteiger partial charge >= 0.3 is 0 Å². The van der Waals surface area contributed by atoms with E-state index in [1.165, 1.54) is 30.4 Å². The average molecular weight is 263 g/mol. The third kappa shape index (κ3) is 6.74. The van der Waals surface area contributed by atoms with Crippen LogP contribution < -0.4 is 5.32 Å². The van der Waals surface area contributed by atoms with Gasteiger partial charge in [-0.1, -0.05) is 43.2 Å². The fraction of sp³-hybridized carbons (Fsp3) is 0.647. The highest BCUT2D eigenvalue weighted by Crippen LogP contribution is 2.22. The zero-order valence-corrected chi connectivity index (χ0v) is 12.7. The van der Waals surface area contributed by atoms with Crippen molar-refractivity contribution in [2.45, 2.75) is 45.4 Å². The second-order valence-electron chi connectivity index (χ2n) is 5.30. The molecule has 108 valence electrons. The van der Waals surface area contributed by atoms with Crippen LogP contribution in [0.1, 0.15) is 49.7 Å². The molecule has 0 amide bonds. The Morgan fingerprint density at radius 1 is 1.26 bits per heavy atom. The summed E-state index contributed by atoms with van der Waals surface area (Å²) in [5, 5.41) is 3.56. The summed E-state index contributed by atoms with van der Waals surface area (Å²) in [5.41, 5.74) is 2.83. The molecule has 1 unspecified atom stereocenters. The average Bonchev–Trinajstić information content (AvgIpc) is 2.41. The lowest BCUT2D eigenvalue weighted by atomic mass is 9.92. The molecule has 1 N–H and O–H groups in total. The van der Waals surface area contributed by atoms with Gasteiger partial charge in [0.1, 0.15) is 0 Å². The number of benzene rings is 1. The van der Waals surface area contributed by atoms with Crippen molar-refractivity contribution in [1.29, 1.82) is 0 Å². The fourth-order valence-corrected chi connectivity index (χ4v) is 2.40. The SMILES string of the molecule is CCCNCC(CCCCOC)c1cccc(C)c1. The Labute approximate surface area is 118 Å². The molecule has 19 heavy (non-hydrogen) atoms. The predicted octanol–water partition coefficient (Wildman–Crippen LogP) is 3.89. The molecule has 0 aliphatic heterocycles. The third-order valence-corrected chi connectivity index (χ3v) is 3.48. The topological polar surface area (TPSA) is 21.3 Å². The zero-order valence-electron chi connectivity index (χ0n) is 12.7. The van der Waals surface area contributed by atoms with Crippen molar-refractivity contribution in [2.24, 2.45) is 0 Å². The summed E-state index contributed by atoms with van der Waals surface area (Å²) >= 11 is 0. The molecule has 0 heterocycles. The minimum Gasteiger partial charge on any atom is -0.385 e. The van der Waals surface area contributed by atoms with Crippen molar-refractivity contribution >= 4 is 0 Å². The van der Waals surface area contributed by atoms with Gasteiger partial charge in [0.05, 0.1) is 0 Å². The van der Waals surface area contributed by atoms with Crippen LogP contribution in [0.4, 0.5) is 0 Å². The van der Waals surface area contributed by atoms with E-state index in [1.807, 2.05) is 0 Å². The molecular weight excluding hydrogens is 234 g/mol. The highest BCUT2D eigenvalue weighted by Gasteiger charge is 2.11. The first-order valence-electron chi connectivity index (χ1n) is 7.54. The Morgan fingerprint density at radius 2 is 2.11 bits per heavy atom. The van der Waals surface area contributed by atoms with Crippen molar-refractivity contribution in [3.05, 3.63) is 35.4 Å². The van der Waals surface area contributed by atoms with Crippen LogP contribution in [0.25, 0.3) is 0 Å². The summed E-state index contributed by atoms with van der Waals surface area (Å²) in [6, 6.07) is 8.94. The standard InChI is InChI=1S/C17H29NO/c1-4-11-18-14-17(9-5-6-12-19-3)16-10-7-8-15(2)13-16/h7-8,10,13,17-18H,4-6,9,11-12,14H2,1-3H3. The van der Waals surface area contributed by atoms with Crippen molar-refractivity contribution in [2.75, 3.05) is 26.8 Å².